The zero-order valence-electron chi connectivity index (χ0n) is 15.7. The minimum Gasteiger partial charge on any atom is -0.398 e. The van der Waals surface area contributed by atoms with Crippen LogP contribution in [0.25, 0.3) is 0 Å². The van der Waals surface area contributed by atoms with E-state index in [1.165, 1.54) is 0 Å². The molecule has 0 spiro atoms. The number of nitrogen functional groups attached to an aromatic ring is 1. The Morgan fingerprint density at radius 1 is 1.19 bits per heavy atom. The number of amides is 1. The lowest BCUT2D eigenvalue weighted by Gasteiger charge is -2.31. The van der Waals surface area contributed by atoms with E-state index in [-0.39, 0.29) is 18.3 Å². The Labute approximate surface area is 167 Å². The van der Waals surface area contributed by atoms with Crippen LogP contribution in [0.3, 0.4) is 0 Å². The van der Waals surface area contributed by atoms with E-state index in [4.69, 9.17) is 10.5 Å². The number of anilines is 2. The van der Waals surface area contributed by atoms with Gasteiger partial charge in [-0.25, -0.2) is 0 Å². The summed E-state index contributed by atoms with van der Waals surface area (Å²) in [7, 11) is 0. The Hall–Kier alpha value is -2.24. The summed E-state index contributed by atoms with van der Waals surface area (Å²) in [4.78, 5) is 14.5. The van der Waals surface area contributed by atoms with Crippen molar-refractivity contribution < 1.29 is 9.53 Å². The number of carbonyl (C=O) groups excluding carboxylic acids is 1. The predicted octanol–water partition coefficient (Wildman–Crippen LogP) is 3.30. The number of nitrogens with zero attached hydrogens (tertiary/aromatic N) is 1. The van der Waals surface area contributed by atoms with Crippen molar-refractivity contribution >= 4 is 29.7 Å². The van der Waals surface area contributed by atoms with Crippen LogP contribution >= 0.6 is 12.4 Å². The number of carbonyl (C=O) groups is 1. The van der Waals surface area contributed by atoms with Crippen LogP contribution in [0.15, 0.2) is 42.5 Å². The maximum atomic E-state index is 12.4. The third kappa shape index (κ3) is 5.62. The van der Waals surface area contributed by atoms with Crippen LogP contribution in [0, 0.1) is 0 Å². The van der Waals surface area contributed by atoms with Gasteiger partial charge in [-0.15, -0.1) is 12.4 Å². The fourth-order valence-corrected chi connectivity index (χ4v) is 3.30. The molecular formula is C21H28ClN3O2. The average Bonchev–Trinajstić information content (AvgIpc) is 2.66. The number of nitrogens with one attached hydrogen (secondary N) is 1. The Bertz CT molecular complexity index is 750. The number of benzene rings is 2. The third-order valence-electron chi connectivity index (χ3n) is 4.70. The van der Waals surface area contributed by atoms with Crippen LogP contribution in [0.2, 0.25) is 0 Å². The summed E-state index contributed by atoms with van der Waals surface area (Å²) in [6.07, 6.45) is 2.00. The monoisotopic (exact) mass is 389 g/mol. The van der Waals surface area contributed by atoms with E-state index >= 15 is 0 Å². The zero-order chi connectivity index (χ0) is 18.4. The van der Waals surface area contributed by atoms with Gasteiger partial charge in [0.05, 0.1) is 13.2 Å². The maximum Gasteiger partial charge on any atom is 0.239 e. The highest BCUT2D eigenvalue weighted by Gasteiger charge is 2.20. The number of fused-ring (bicyclic) bond motifs is 1. The van der Waals surface area contributed by atoms with Gasteiger partial charge in [-0.05, 0) is 48.6 Å². The largest absolute Gasteiger partial charge is 0.398 e. The molecule has 0 aliphatic carbocycles. The molecule has 0 aromatic heterocycles. The number of hydrogen-bond donors (Lipinski definition) is 2. The van der Waals surface area contributed by atoms with E-state index in [2.05, 4.69) is 16.3 Å². The van der Waals surface area contributed by atoms with Gasteiger partial charge in [-0.1, -0.05) is 30.3 Å². The predicted molar refractivity (Wildman–Crippen MR) is 112 cm³/mol. The topological polar surface area (TPSA) is 67.6 Å². The van der Waals surface area contributed by atoms with Crippen LogP contribution < -0.4 is 16.0 Å². The molecule has 0 saturated carbocycles. The Balaban J connectivity index is 0.00000261. The van der Waals surface area contributed by atoms with Crippen molar-refractivity contribution in [3.05, 3.63) is 59.2 Å². The lowest BCUT2D eigenvalue weighted by molar-refractivity contribution is -0.119. The standard InChI is InChI=1S/C21H27N3O2.ClH/c1-2-26-15-17-10-8-16(9-11-17)13-23-21(25)14-24-12-4-5-18-19(22)6-3-7-20(18)24;/h3,6-11H,2,4-5,12-15,22H2,1H3,(H,23,25);1H. The molecule has 0 atom stereocenters. The van der Waals surface area contributed by atoms with Crippen LogP contribution in [0.4, 0.5) is 11.4 Å². The molecule has 0 saturated heterocycles. The molecule has 1 heterocycles. The quantitative estimate of drug-likeness (QED) is 0.713. The van der Waals surface area contributed by atoms with E-state index in [1.807, 2.05) is 43.3 Å². The molecule has 27 heavy (non-hydrogen) atoms. The van der Waals surface area contributed by atoms with Gasteiger partial charge in [0.1, 0.15) is 0 Å². The van der Waals surface area contributed by atoms with Gasteiger partial charge < -0.3 is 20.7 Å². The number of halogens is 1. The Kier molecular flexibility index (Phi) is 7.95. The second-order valence-electron chi connectivity index (χ2n) is 6.60. The van der Waals surface area contributed by atoms with Crippen LogP contribution in [0.1, 0.15) is 30.0 Å². The van der Waals surface area contributed by atoms with Crippen molar-refractivity contribution in [1.29, 1.82) is 0 Å². The molecule has 2 aromatic rings. The van der Waals surface area contributed by atoms with Gasteiger partial charge in [-0.3, -0.25) is 4.79 Å². The number of rotatable bonds is 7. The van der Waals surface area contributed by atoms with Gasteiger partial charge >= 0.3 is 0 Å². The molecule has 0 radical (unpaired) electrons. The number of ether oxygens (including phenoxy) is 1. The first-order valence-electron chi connectivity index (χ1n) is 9.22. The highest BCUT2D eigenvalue weighted by atomic mass is 35.5. The van der Waals surface area contributed by atoms with E-state index in [0.29, 0.717) is 26.3 Å². The molecule has 0 bridgehead atoms. The first-order chi connectivity index (χ1) is 12.7. The van der Waals surface area contributed by atoms with Crippen LogP contribution in [0.5, 0.6) is 0 Å². The molecule has 3 rings (SSSR count). The average molecular weight is 390 g/mol. The zero-order valence-corrected chi connectivity index (χ0v) is 16.6. The first kappa shape index (κ1) is 21.1. The minimum absolute atomic E-state index is 0. The van der Waals surface area contributed by atoms with Crippen molar-refractivity contribution in [1.82, 2.24) is 5.32 Å². The minimum atomic E-state index is 0. The van der Waals surface area contributed by atoms with E-state index in [0.717, 1.165) is 47.5 Å². The Morgan fingerprint density at radius 3 is 2.67 bits per heavy atom. The summed E-state index contributed by atoms with van der Waals surface area (Å²) in [5, 5.41) is 3.01. The summed E-state index contributed by atoms with van der Waals surface area (Å²) in [6, 6.07) is 14.1. The van der Waals surface area contributed by atoms with Crippen molar-refractivity contribution in [3.8, 4) is 0 Å². The van der Waals surface area contributed by atoms with E-state index < -0.39 is 0 Å². The van der Waals surface area contributed by atoms with Crippen molar-refractivity contribution in [3.63, 3.8) is 0 Å². The molecule has 2 aromatic carbocycles. The molecule has 0 unspecified atom stereocenters. The van der Waals surface area contributed by atoms with Gasteiger partial charge in [0, 0.05) is 31.1 Å². The van der Waals surface area contributed by atoms with Crippen LogP contribution in [-0.4, -0.2) is 25.6 Å². The molecule has 1 amide bonds. The molecule has 3 N–H and O–H groups in total. The third-order valence-corrected chi connectivity index (χ3v) is 4.70. The van der Waals surface area contributed by atoms with Crippen molar-refractivity contribution in [2.24, 2.45) is 0 Å². The van der Waals surface area contributed by atoms with Gasteiger partial charge in [0.25, 0.3) is 0 Å². The lowest BCUT2D eigenvalue weighted by Crippen LogP contribution is -2.39. The fourth-order valence-electron chi connectivity index (χ4n) is 3.30. The summed E-state index contributed by atoms with van der Waals surface area (Å²) in [5.41, 5.74) is 11.4. The fraction of sp³-hybridized carbons (Fsp3) is 0.381. The summed E-state index contributed by atoms with van der Waals surface area (Å²) in [6.45, 7) is 5.10. The molecule has 0 fully saturated rings. The molecule has 1 aliphatic heterocycles. The molecular weight excluding hydrogens is 362 g/mol. The van der Waals surface area contributed by atoms with E-state index in [9.17, 15) is 4.79 Å². The number of nitrogens with two attached hydrogens (primary N) is 1. The summed E-state index contributed by atoms with van der Waals surface area (Å²) >= 11 is 0. The molecule has 1 aliphatic rings. The maximum absolute atomic E-state index is 12.4. The second-order valence-corrected chi connectivity index (χ2v) is 6.60. The Morgan fingerprint density at radius 2 is 1.93 bits per heavy atom. The highest BCUT2D eigenvalue weighted by Crippen LogP contribution is 2.30. The molecule has 6 heteroatoms. The summed E-state index contributed by atoms with van der Waals surface area (Å²) < 4.78 is 5.40. The SMILES string of the molecule is CCOCc1ccc(CNC(=O)CN2CCCc3c(N)cccc32)cc1.Cl. The first-order valence-corrected chi connectivity index (χ1v) is 9.22. The normalized spacial score (nSPS) is 12.9. The van der Waals surface area contributed by atoms with Gasteiger partial charge in [-0.2, -0.15) is 0 Å². The van der Waals surface area contributed by atoms with Gasteiger partial charge in [0.15, 0.2) is 0 Å². The smallest absolute Gasteiger partial charge is 0.239 e. The molecule has 146 valence electrons. The second kappa shape index (κ2) is 10.2. The van der Waals surface area contributed by atoms with Crippen LogP contribution in [-0.2, 0) is 29.1 Å². The highest BCUT2D eigenvalue weighted by molar-refractivity contribution is 5.85. The molecule has 5 nitrogen and oxygen atoms in total. The van der Waals surface area contributed by atoms with Gasteiger partial charge in [0.2, 0.25) is 5.91 Å². The summed E-state index contributed by atoms with van der Waals surface area (Å²) in [5.74, 6) is 0.0265. The van der Waals surface area contributed by atoms with Crippen molar-refractivity contribution in [2.45, 2.75) is 32.9 Å². The van der Waals surface area contributed by atoms with E-state index in [1.54, 1.807) is 0 Å². The van der Waals surface area contributed by atoms with Crippen molar-refractivity contribution in [2.75, 3.05) is 30.3 Å². The number of hydrogen-bond acceptors (Lipinski definition) is 4. The lowest BCUT2D eigenvalue weighted by atomic mass is 10.00.